The molecular weight excluding hydrogens is 442 g/mol. The minimum atomic E-state index is -3.44. The van der Waals surface area contributed by atoms with Gasteiger partial charge >= 0.3 is 0 Å². The van der Waals surface area contributed by atoms with Crippen LogP contribution >= 0.6 is 23.4 Å². The van der Waals surface area contributed by atoms with E-state index in [1.807, 2.05) is 49.4 Å². The van der Waals surface area contributed by atoms with E-state index in [0.29, 0.717) is 36.8 Å². The van der Waals surface area contributed by atoms with Gasteiger partial charge in [-0.05, 0) is 30.0 Å². The molecule has 1 amide bonds. The van der Waals surface area contributed by atoms with Crippen molar-refractivity contribution < 1.29 is 13.2 Å². The molecule has 1 fully saturated rings. The number of sulfonamides is 1. The number of thioether (sulfide) groups is 1. The Balaban J connectivity index is 1.52. The molecule has 0 saturated carbocycles. The maximum atomic E-state index is 12.7. The Bertz CT molecular complexity index is 977. The quantitative estimate of drug-likeness (QED) is 0.603. The van der Waals surface area contributed by atoms with Gasteiger partial charge in [-0.15, -0.1) is 11.8 Å². The fourth-order valence-corrected chi connectivity index (χ4v) is 5.76. The molecule has 2 aromatic carbocycles. The molecule has 6 nitrogen and oxygen atoms in total. The van der Waals surface area contributed by atoms with E-state index in [2.05, 4.69) is 10.2 Å². The Morgan fingerprint density at radius 1 is 1.07 bits per heavy atom. The highest BCUT2D eigenvalue weighted by molar-refractivity contribution is 7.99. The van der Waals surface area contributed by atoms with Crippen LogP contribution in [-0.4, -0.2) is 62.9 Å². The SMILES string of the molecule is CCSc1ccccc1C(=O)NCCS(=O)(=O)N1CCN(c2ccccc2Cl)CC1. The molecule has 1 saturated heterocycles. The predicted octanol–water partition coefficient (Wildman–Crippen LogP) is 3.33. The lowest BCUT2D eigenvalue weighted by Crippen LogP contribution is -2.50. The van der Waals surface area contributed by atoms with Gasteiger partial charge in [0.05, 0.1) is 22.0 Å². The largest absolute Gasteiger partial charge is 0.368 e. The molecule has 0 aromatic heterocycles. The highest BCUT2D eigenvalue weighted by atomic mass is 35.5. The fraction of sp³-hybridized carbons (Fsp3) is 0.381. The molecule has 2 aromatic rings. The van der Waals surface area contributed by atoms with Gasteiger partial charge < -0.3 is 10.2 Å². The van der Waals surface area contributed by atoms with Crippen LogP contribution in [0.5, 0.6) is 0 Å². The number of benzene rings is 2. The van der Waals surface area contributed by atoms with Gasteiger partial charge in [0.2, 0.25) is 10.0 Å². The standard InChI is InChI=1S/C21H26ClN3O3S2/c1-2-29-20-10-6-3-7-17(20)21(26)23-11-16-30(27,28)25-14-12-24(13-15-25)19-9-5-4-8-18(19)22/h3-10H,2,11-16H2,1H3,(H,23,26). The summed E-state index contributed by atoms with van der Waals surface area (Å²) in [6.45, 7) is 4.07. The summed E-state index contributed by atoms with van der Waals surface area (Å²) < 4.78 is 26.9. The lowest BCUT2D eigenvalue weighted by molar-refractivity contribution is 0.0953. The second-order valence-corrected chi connectivity index (χ2v) is 10.6. The number of rotatable bonds is 8. The van der Waals surface area contributed by atoms with Crippen LogP contribution in [0.4, 0.5) is 5.69 Å². The van der Waals surface area contributed by atoms with Gasteiger partial charge in [0.15, 0.2) is 0 Å². The van der Waals surface area contributed by atoms with Crippen molar-refractivity contribution >= 4 is 45.0 Å². The summed E-state index contributed by atoms with van der Waals surface area (Å²) in [5, 5.41) is 3.41. The summed E-state index contributed by atoms with van der Waals surface area (Å²) in [5.41, 5.74) is 1.50. The summed E-state index contributed by atoms with van der Waals surface area (Å²) >= 11 is 7.84. The molecule has 1 aliphatic heterocycles. The number of amides is 1. The van der Waals surface area contributed by atoms with Crippen LogP contribution in [0.2, 0.25) is 5.02 Å². The second-order valence-electron chi connectivity index (χ2n) is 6.84. The molecule has 162 valence electrons. The lowest BCUT2D eigenvalue weighted by atomic mass is 10.2. The minimum Gasteiger partial charge on any atom is -0.368 e. The summed E-state index contributed by atoms with van der Waals surface area (Å²) in [4.78, 5) is 15.5. The summed E-state index contributed by atoms with van der Waals surface area (Å²) in [6, 6.07) is 14.9. The van der Waals surface area contributed by atoms with E-state index in [1.54, 1.807) is 17.8 Å². The van der Waals surface area contributed by atoms with Crippen LogP contribution in [0.15, 0.2) is 53.4 Å². The van der Waals surface area contributed by atoms with Gasteiger partial charge in [-0.25, -0.2) is 8.42 Å². The number of halogens is 1. The molecule has 9 heteroatoms. The van der Waals surface area contributed by atoms with E-state index >= 15 is 0 Å². The first-order valence-corrected chi connectivity index (χ1v) is 12.9. The summed E-state index contributed by atoms with van der Waals surface area (Å²) in [7, 11) is -3.44. The minimum absolute atomic E-state index is 0.0804. The van der Waals surface area contributed by atoms with Crippen molar-refractivity contribution in [3.05, 3.63) is 59.1 Å². The normalized spacial score (nSPS) is 15.2. The molecule has 0 spiro atoms. The topological polar surface area (TPSA) is 69.7 Å². The molecule has 0 aliphatic carbocycles. The molecule has 1 N–H and O–H groups in total. The Kier molecular flexibility index (Phi) is 8.05. The maximum Gasteiger partial charge on any atom is 0.252 e. The van der Waals surface area contributed by atoms with Crippen molar-refractivity contribution in [1.82, 2.24) is 9.62 Å². The third-order valence-corrected chi connectivity index (χ3v) is 8.05. The van der Waals surface area contributed by atoms with E-state index in [1.165, 1.54) is 4.31 Å². The molecule has 0 atom stereocenters. The number of piperazine rings is 1. The van der Waals surface area contributed by atoms with Crippen LogP contribution < -0.4 is 10.2 Å². The van der Waals surface area contributed by atoms with Crippen molar-refractivity contribution in [3.8, 4) is 0 Å². The second kappa shape index (κ2) is 10.5. The lowest BCUT2D eigenvalue weighted by Gasteiger charge is -2.35. The number of hydrogen-bond donors (Lipinski definition) is 1. The zero-order valence-electron chi connectivity index (χ0n) is 16.9. The van der Waals surface area contributed by atoms with Gasteiger partial charge in [-0.2, -0.15) is 4.31 Å². The average Bonchev–Trinajstić information content (AvgIpc) is 2.75. The van der Waals surface area contributed by atoms with Gasteiger partial charge in [0.25, 0.3) is 5.91 Å². The number of carbonyl (C=O) groups is 1. The molecular formula is C21H26ClN3O3S2. The molecule has 0 radical (unpaired) electrons. The van der Waals surface area contributed by atoms with E-state index < -0.39 is 10.0 Å². The monoisotopic (exact) mass is 467 g/mol. The highest BCUT2D eigenvalue weighted by Gasteiger charge is 2.27. The van der Waals surface area contributed by atoms with E-state index in [9.17, 15) is 13.2 Å². The molecule has 30 heavy (non-hydrogen) atoms. The van der Waals surface area contributed by atoms with Crippen molar-refractivity contribution in [1.29, 1.82) is 0 Å². The molecule has 3 rings (SSSR count). The van der Waals surface area contributed by atoms with Gasteiger partial charge in [0, 0.05) is 37.6 Å². The Hall–Kier alpha value is -1.74. The van der Waals surface area contributed by atoms with E-state index in [-0.39, 0.29) is 18.2 Å². The van der Waals surface area contributed by atoms with Gasteiger partial charge in [-0.1, -0.05) is 42.8 Å². The number of anilines is 1. The average molecular weight is 468 g/mol. The first kappa shape index (κ1) is 22.9. The molecule has 1 heterocycles. The van der Waals surface area contributed by atoms with Crippen LogP contribution in [0.1, 0.15) is 17.3 Å². The first-order valence-electron chi connectivity index (χ1n) is 9.89. The Morgan fingerprint density at radius 3 is 2.43 bits per heavy atom. The van der Waals surface area contributed by atoms with Gasteiger partial charge in [0.1, 0.15) is 0 Å². The first-order chi connectivity index (χ1) is 14.4. The number of para-hydroxylation sites is 1. The fourth-order valence-electron chi connectivity index (χ4n) is 3.37. The zero-order chi connectivity index (χ0) is 21.6. The maximum absolute atomic E-state index is 12.7. The van der Waals surface area contributed by atoms with E-state index in [0.717, 1.165) is 16.3 Å². The van der Waals surface area contributed by atoms with Crippen molar-refractivity contribution in [2.45, 2.75) is 11.8 Å². The summed E-state index contributed by atoms with van der Waals surface area (Å²) in [5.74, 6) is 0.498. The zero-order valence-corrected chi connectivity index (χ0v) is 19.3. The van der Waals surface area contributed by atoms with Crippen LogP contribution in [-0.2, 0) is 10.0 Å². The smallest absolute Gasteiger partial charge is 0.252 e. The highest BCUT2D eigenvalue weighted by Crippen LogP contribution is 2.26. The Morgan fingerprint density at radius 2 is 1.73 bits per heavy atom. The van der Waals surface area contributed by atoms with Crippen molar-refractivity contribution in [3.63, 3.8) is 0 Å². The predicted molar refractivity (Wildman–Crippen MR) is 124 cm³/mol. The molecule has 0 bridgehead atoms. The number of carbonyl (C=O) groups excluding carboxylic acids is 1. The number of nitrogens with one attached hydrogen (secondary N) is 1. The third-order valence-electron chi connectivity index (χ3n) is 4.90. The number of nitrogens with zero attached hydrogens (tertiary/aromatic N) is 2. The van der Waals surface area contributed by atoms with Crippen molar-refractivity contribution in [2.75, 3.05) is 49.1 Å². The Labute approximate surface area is 187 Å². The van der Waals surface area contributed by atoms with Gasteiger partial charge in [-0.3, -0.25) is 4.79 Å². The van der Waals surface area contributed by atoms with Crippen LogP contribution in [0.3, 0.4) is 0 Å². The van der Waals surface area contributed by atoms with E-state index in [4.69, 9.17) is 11.6 Å². The molecule has 1 aliphatic rings. The third kappa shape index (κ3) is 5.69. The van der Waals surface area contributed by atoms with Crippen LogP contribution in [0, 0.1) is 0 Å². The van der Waals surface area contributed by atoms with Crippen LogP contribution in [0.25, 0.3) is 0 Å². The number of hydrogen-bond acceptors (Lipinski definition) is 5. The van der Waals surface area contributed by atoms with Crippen molar-refractivity contribution in [2.24, 2.45) is 0 Å². The summed E-state index contributed by atoms with van der Waals surface area (Å²) in [6.07, 6.45) is 0. The molecule has 0 unspecified atom stereocenters.